The number of unbranched alkanes of at least 4 members (excludes halogenated alkanes) is 1. The van der Waals surface area contributed by atoms with Crippen LogP contribution in [0.1, 0.15) is 51.0 Å². The Hall–Kier alpha value is -1.60. The topological polar surface area (TPSA) is 75.7 Å². The smallest absolute Gasteiger partial charge is 0.243 e. The number of benzene rings is 1. The van der Waals surface area contributed by atoms with E-state index in [-0.39, 0.29) is 10.8 Å². The maximum absolute atomic E-state index is 12.9. The van der Waals surface area contributed by atoms with Crippen LogP contribution in [0.15, 0.2) is 23.1 Å². The van der Waals surface area contributed by atoms with Crippen molar-refractivity contribution in [2.24, 2.45) is 0 Å². The predicted molar refractivity (Wildman–Crippen MR) is 102 cm³/mol. The van der Waals surface area contributed by atoms with Gasteiger partial charge >= 0.3 is 0 Å². The van der Waals surface area contributed by atoms with Gasteiger partial charge in [-0.15, -0.1) is 0 Å². The summed E-state index contributed by atoms with van der Waals surface area (Å²) in [5.74, 6) is 0.591. The molecule has 0 aromatic heterocycles. The van der Waals surface area contributed by atoms with E-state index in [1.165, 1.54) is 0 Å². The third-order valence-electron chi connectivity index (χ3n) is 4.68. The van der Waals surface area contributed by atoms with Crippen molar-refractivity contribution in [2.45, 2.75) is 56.8 Å². The number of carbonyl (C=O) groups excluding carboxylic acids is 1. The molecule has 0 aliphatic carbocycles. The van der Waals surface area contributed by atoms with Gasteiger partial charge in [0.1, 0.15) is 5.75 Å². The van der Waals surface area contributed by atoms with Crippen LogP contribution >= 0.6 is 0 Å². The van der Waals surface area contributed by atoms with Crippen molar-refractivity contribution >= 4 is 15.9 Å². The average molecular weight is 383 g/mol. The van der Waals surface area contributed by atoms with Gasteiger partial charge in [-0.3, -0.25) is 4.79 Å². The van der Waals surface area contributed by atoms with Crippen LogP contribution in [-0.2, 0) is 21.2 Å². The highest BCUT2D eigenvalue weighted by Gasteiger charge is 2.26. The van der Waals surface area contributed by atoms with Gasteiger partial charge < -0.3 is 10.1 Å². The Morgan fingerprint density at radius 1 is 1.23 bits per heavy atom. The predicted octanol–water partition coefficient (Wildman–Crippen LogP) is 2.72. The first-order valence-electron chi connectivity index (χ1n) is 9.42. The number of rotatable bonds is 9. The highest BCUT2D eigenvalue weighted by atomic mass is 32.2. The van der Waals surface area contributed by atoms with E-state index in [1.54, 1.807) is 29.6 Å². The first kappa shape index (κ1) is 20.7. The standard InChI is InChI=1S/C19H30N2O4S/c1-3-4-12-20-19(22)11-8-16-15-17(9-10-18(16)25-2)26(23,24)21-13-6-5-7-14-21/h9-10,15H,3-8,11-14H2,1-2H3,(H,20,22). The summed E-state index contributed by atoms with van der Waals surface area (Å²) in [5.41, 5.74) is 0.747. The molecule has 1 N–H and O–H groups in total. The normalized spacial score (nSPS) is 15.6. The van der Waals surface area contributed by atoms with E-state index >= 15 is 0 Å². The summed E-state index contributed by atoms with van der Waals surface area (Å²) in [6, 6.07) is 4.93. The molecule has 0 saturated carbocycles. The largest absolute Gasteiger partial charge is 0.496 e. The molecule has 0 atom stereocenters. The number of amides is 1. The van der Waals surface area contributed by atoms with Crippen molar-refractivity contribution in [3.8, 4) is 5.75 Å². The van der Waals surface area contributed by atoms with Crippen molar-refractivity contribution in [1.82, 2.24) is 9.62 Å². The van der Waals surface area contributed by atoms with E-state index in [4.69, 9.17) is 4.74 Å². The van der Waals surface area contributed by atoms with Crippen molar-refractivity contribution in [3.63, 3.8) is 0 Å². The van der Waals surface area contributed by atoms with Crippen LogP contribution in [0.5, 0.6) is 5.75 Å². The third-order valence-corrected chi connectivity index (χ3v) is 6.57. The number of hydrogen-bond acceptors (Lipinski definition) is 4. The second-order valence-corrected chi connectivity index (χ2v) is 8.58. The molecule has 0 unspecified atom stereocenters. The van der Waals surface area contributed by atoms with E-state index in [9.17, 15) is 13.2 Å². The fraction of sp³-hybridized carbons (Fsp3) is 0.632. The number of aryl methyl sites for hydroxylation is 1. The fourth-order valence-corrected chi connectivity index (χ4v) is 4.67. The van der Waals surface area contributed by atoms with Crippen LogP contribution in [0.25, 0.3) is 0 Å². The Morgan fingerprint density at radius 3 is 2.62 bits per heavy atom. The van der Waals surface area contributed by atoms with Gasteiger partial charge in [-0.1, -0.05) is 19.8 Å². The average Bonchev–Trinajstić information content (AvgIpc) is 2.67. The van der Waals surface area contributed by atoms with Gasteiger partial charge in [0.25, 0.3) is 0 Å². The molecule has 1 amide bonds. The Kier molecular flexibility index (Phi) is 7.90. The molecule has 6 nitrogen and oxygen atoms in total. The molecule has 146 valence electrons. The second-order valence-electron chi connectivity index (χ2n) is 6.64. The lowest BCUT2D eigenvalue weighted by Crippen LogP contribution is -2.35. The number of hydrogen-bond donors (Lipinski definition) is 1. The van der Waals surface area contributed by atoms with Crippen molar-refractivity contribution < 1.29 is 17.9 Å². The molecular weight excluding hydrogens is 352 g/mol. The SMILES string of the molecule is CCCCNC(=O)CCc1cc(S(=O)(=O)N2CCCCC2)ccc1OC. The highest BCUT2D eigenvalue weighted by molar-refractivity contribution is 7.89. The highest BCUT2D eigenvalue weighted by Crippen LogP contribution is 2.27. The summed E-state index contributed by atoms with van der Waals surface area (Å²) in [5, 5.41) is 2.88. The van der Waals surface area contributed by atoms with Gasteiger partial charge in [0, 0.05) is 26.1 Å². The van der Waals surface area contributed by atoms with Crippen LogP contribution in [0, 0.1) is 0 Å². The van der Waals surface area contributed by atoms with Crippen LogP contribution in [-0.4, -0.2) is 45.4 Å². The lowest BCUT2D eigenvalue weighted by molar-refractivity contribution is -0.121. The molecule has 1 aromatic carbocycles. The molecular formula is C19H30N2O4S. The van der Waals surface area contributed by atoms with Crippen LogP contribution in [0.2, 0.25) is 0 Å². The number of methoxy groups -OCH3 is 1. The Bertz CT molecular complexity index is 697. The van der Waals surface area contributed by atoms with Crippen molar-refractivity contribution in [1.29, 1.82) is 0 Å². The number of ether oxygens (including phenoxy) is 1. The maximum atomic E-state index is 12.9. The van der Waals surface area contributed by atoms with Gasteiger partial charge in [0.05, 0.1) is 12.0 Å². The molecule has 1 heterocycles. The fourth-order valence-electron chi connectivity index (χ4n) is 3.11. The van der Waals surface area contributed by atoms with Gasteiger partial charge in [-0.2, -0.15) is 4.31 Å². The third kappa shape index (κ3) is 5.45. The Balaban J connectivity index is 2.11. The van der Waals surface area contributed by atoms with Crippen LogP contribution in [0.4, 0.5) is 0 Å². The summed E-state index contributed by atoms with van der Waals surface area (Å²) in [6.07, 6.45) is 5.63. The molecule has 7 heteroatoms. The van der Waals surface area contributed by atoms with Crippen LogP contribution in [0.3, 0.4) is 0 Å². The molecule has 0 radical (unpaired) electrons. The molecule has 2 rings (SSSR count). The monoisotopic (exact) mass is 382 g/mol. The van der Waals surface area contributed by atoms with Gasteiger partial charge in [-0.25, -0.2) is 8.42 Å². The van der Waals surface area contributed by atoms with Gasteiger partial charge in [-0.05, 0) is 49.4 Å². The van der Waals surface area contributed by atoms with E-state index in [0.717, 1.165) is 37.7 Å². The zero-order chi connectivity index (χ0) is 19.0. The molecule has 26 heavy (non-hydrogen) atoms. The first-order chi connectivity index (χ1) is 12.5. The van der Waals surface area contributed by atoms with Crippen molar-refractivity contribution in [3.05, 3.63) is 23.8 Å². The summed E-state index contributed by atoms with van der Waals surface area (Å²) >= 11 is 0. The Labute approximate surface area is 157 Å². The zero-order valence-electron chi connectivity index (χ0n) is 15.8. The molecule has 1 aromatic rings. The minimum absolute atomic E-state index is 0.0233. The Morgan fingerprint density at radius 2 is 1.96 bits per heavy atom. The summed E-state index contributed by atoms with van der Waals surface area (Å²) in [4.78, 5) is 12.2. The second kappa shape index (κ2) is 9.92. The molecule has 1 aliphatic heterocycles. The van der Waals surface area contributed by atoms with Crippen molar-refractivity contribution in [2.75, 3.05) is 26.7 Å². The lowest BCUT2D eigenvalue weighted by Gasteiger charge is -2.26. The number of nitrogens with one attached hydrogen (secondary N) is 1. The summed E-state index contributed by atoms with van der Waals surface area (Å²) < 4.78 is 32.6. The molecule has 1 fully saturated rings. The maximum Gasteiger partial charge on any atom is 0.243 e. The lowest BCUT2D eigenvalue weighted by atomic mass is 10.1. The quantitative estimate of drug-likeness (QED) is 0.666. The zero-order valence-corrected chi connectivity index (χ0v) is 16.6. The number of carbonyl (C=O) groups is 1. The molecule has 0 bridgehead atoms. The van der Waals surface area contributed by atoms with Crippen LogP contribution < -0.4 is 10.1 Å². The minimum atomic E-state index is -3.49. The van der Waals surface area contributed by atoms with Gasteiger partial charge in [0.15, 0.2) is 0 Å². The van der Waals surface area contributed by atoms with E-state index < -0.39 is 10.0 Å². The molecule has 1 aliphatic rings. The summed E-state index contributed by atoms with van der Waals surface area (Å²) in [7, 11) is -1.93. The molecule has 0 spiro atoms. The number of piperidine rings is 1. The summed E-state index contributed by atoms with van der Waals surface area (Å²) in [6.45, 7) is 3.90. The van der Waals surface area contributed by atoms with E-state index in [0.29, 0.717) is 38.2 Å². The minimum Gasteiger partial charge on any atom is -0.496 e. The van der Waals surface area contributed by atoms with E-state index in [1.807, 2.05) is 0 Å². The van der Waals surface area contributed by atoms with E-state index in [2.05, 4.69) is 12.2 Å². The first-order valence-corrected chi connectivity index (χ1v) is 10.9. The number of nitrogens with zero attached hydrogens (tertiary/aromatic N) is 1. The molecule has 1 saturated heterocycles. The van der Waals surface area contributed by atoms with Gasteiger partial charge in [0.2, 0.25) is 15.9 Å². The number of sulfonamides is 1.